The van der Waals surface area contributed by atoms with Gasteiger partial charge in [0.05, 0.1) is 13.0 Å². The van der Waals surface area contributed by atoms with Gasteiger partial charge in [0.25, 0.3) is 0 Å². The quantitative estimate of drug-likeness (QED) is 0.444. The lowest BCUT2D eigenvalue weighted by atomic mass is 10.0. The van der Waals surface area contributed by atoms with Crippen molar-refractivity contribution in [2.24, 2.45) is 11.8 Å². The molecule has 0 aliphatic heterocycles. The largest absolute Gasteiger partial charge is 0.480 e. The summed E-state index contributed by atoms with van der Waals surface area (Å²) < 4.78 is 5.19. The van der Waals surface area contributed by atoms with E-state index in [1.165, 1.54) is 4.90 Å². The number of carboxylic acids is 1. The van der Waals surface area contributed by atoms with E-state index in [1.807, 2.05) is 82.3 Å². The van der Waals surface area contributed by atoms with E-state index in [0.717, 1.165) is 16.7 Å². The third kappa shape index (κ3) is 9.25. The van der Waals surface area contributed by atoms with Gasteiger partial charge < -0.3 is 20.1 Å². The fourth-order valence-electron chi connectivity index (χ4n) is 3.41. The number of carbonyl (C=O) groups excluding carboxylic acids is 2. The van der Waals surface area contributed by atoms with Gasteiger partial charge in [-0.3, -0.25) is 4.79 Å². The first-order valence-electron chi connectivity index (χ1n) is 11.7. The smallest absolute Gasteiger partial charge is 0.326 e. The molecule has 0 radical (unpaired) electrons. The number of hydrogen-bond acceptors (Lipinski definition) is 4. The molecule has 34 heavy (non-hydrogen) atoms. The van der Waals surface area contributed by atoms with Gasteiger partial charge in [-0.05, 0) is 28.5 Å². The van der Waals surface area contributed by atoms with Gasteiger partial charge in [0.15, 0.2) is 0 Å². The molecule has 0 aliphatic carbocycles. The van der Waals surface area contributed by atoms with Crippen LogP contribution in [0.15, 0.2) is 54.6 Å². The van der Waals surface area contributed by atoms with E-state index >= 15 is 0 Å². The summed E-state index contributed by atoms with van der Waals surface area (Å²) in [5.74, 6) is -1.09. The van der Waals surface area contributed by atoms with E-state index < -0.39 is 18.0 Å². The number of ether oxygens (including phenoxy) is 1. The van der Waals surface area contributed by atoms with Gasteiger partial charge in [-0.1, -0.05) is 82.3 Å². The van der Waals surface area contributed by atoms with Crippen LogP contribution in [0.25, 0.3) is 11.1 Å². The van der Waals surface area contributed by atoms with E-state index in [4.69, 9.17) is 4.74 Å². The Morgan fingerprint density at radius 1 is 0.912 bits per heavy atom. The predicted molar refractivity (Wildman–Crippen MR) is 132 cm³/mol. The summed E-state index contributed by atoms with van der Waals surface area (Å²) in [6.07, 6.45) is 0.216. The Morgan fingerprint density at radius 3 is 2.09 bits per heavy atom. The second kappa shape index (κ2) is 13.4. The van der Waals surface area contributed by atoms with Crippen LogP contribution in [-0.2, 0) is 20.7 Å². The van der Waals surface area contributed by atoms with Crippen molar-refractivity contribution in [1.29, 1.82) is 0 Å². The molecule has 1 atom stereocenters. The van der Waals surface area contributed by atoms with E-state index in [2.05, 4.69) is 5.32 Å². The van der Waals surface area contributed by atoms with E-state index in [0.29, 0.717) is 13.2 Å². The Bertz CT molecular complexity index is 926. The number of hydrogen-bond donors (Lipinski definition) is 2. The number of nitrogens with zero attached hydrogens (tertiary/aromatic N) is 1. The van der Waals surface area contributed by atoms with Crippen LogP contribution in [0.1, 0.15) is 39.7 Å². The lowest BCUT2D eigenvalue weighted by Crippen LogP contribution is -2.50. The fourth-order valence-corrected chi connectivity index (χ4v) is 3.41. The van der Waals surface area contributed by atoms with Crippen LogP contribution in [0.2, 0.25) is 0 Å². The molecule has 2 rings (SSSR count). The molecule has 0 bridgehead atoms. The van der Waals surface area contributed by atoms with Gasteiger partial charge >= 0.3 is 18.0 Å². The zero-order chi connectivity index (χ0) is 25.1. The Balaban J connectivity index is 2.01. The van der Waals surface area contributed by atoms with Gasteiger partial charge in [0.2, 0.25) is 0 Å². The number of aliphatic carboxylic acids is 1. The highest BCUT2D eigenvalue weighted by Gasteiger charge is 2.24. The molecule has 0 aromatic heterocycles. The maximum absolute atomic E-state index is 12.9. The topological polar surface area (TPSA) is 95.9 Å². The Labute approximate surface area is 202 Å². The molecule has 0 aliphatic rings. The molecule has 0 heterocycles. The molecular formula is C27H36N2O5. The van der Waals surface area contributed by atoms with Gasteiger partial charge in [-0.25, -0.2) is 9.59 Å². The molecule has 0 saturated carbocycles. The number of carboxylic acid groups (broad SMARTS) is 1. The van der Waals surface area contributed by atoms with Crippen molar-refractivity contribution in [2.45, 2.75) is 46.6 Å². The van der Waals surface area contributed by atoms with E-state index in [9.17, 15) is 19.5 Å². The maximum Gasteiger partial charge on any atom is 0.326 e. The third-order valence-electron chi connectivity index (χ3n) is 5.13. The van der Waals surface area contributed by atoms with Crippen molar-refractivity contribution in [2.75, 3.05) is 19.7 Å². The molecule has 0 fully saturated rings. The van der Waals surface area contributed by atoms with Crippen molar-refractivity contribution in [3.63, 3.8) is 0 Å². The van der Waals surface area contributed by atoms with E-state index in [-0.39, 0.29) is 37.2 Å². The number of amides is 2. The van der Waals surface area contributed by atoms with Crippen molar-refractivity contribution >= 4 is 18.0 Å². The molecule has 7 heteroatoms. The maximum atomic E-state index is 12.9. The molecule has 0 spiro atoms. The summed E-state index contributed by atoms with van der Waals surface area (Å²) in [6.45, 7) is 8.72. The number of benzene rings is 2. The van der Waals surface area contributed by atoms with Crippen molar-refractivity contribution in [3.8, 4) is 11.1 Å². The molecular weight excluding hydrogens is 432 g/mol. The molecule has 0 unspecified atom stereocenters. The van der Waals surface area contributed by atoms with Crippen LogP contribution in [-0.4, -0.2) is 53.7 Å². The Hall–Kier alpha value is -3.35. The van der Waals surface area contributed by atoms with Crippen LogP contribution in [0.5, 0.6) is 0 Å². The number of rotatable bonds is 12. The number of nitrogens with one attached hydrogen (secondary N) is 1. The van der Waals surface area contributed by atoms with Crippen molar-refractivity contribution in [1.82, 2.24) is 10.2 Å². The first-order valence-corrected chi connectivity index (χ1v) is 11.7. The van der Waals surface area contributed by atoms with Crippen molar-refractivity contribution in [3.05, 3.63) is 60.2 Å². The lowest BCUT2D eigenvalue weighted by molar-refractivity contribution is -0.145. The monoisotopic (exact) mass is 468 g/mol. The van der Waals surface area contributed by atoms with Crippen LogP contribution in [0, 0.1) is 11.8 Å². The molecule has 2 aromatic rings. The first kappa shape index (κ1) is 26.9. The van der Waals surface area contributed by atoms with Crippen LogP contribution in [0.4, 0.5) is 4.79 Å². The zero-order valence-electron chi connectivity index (χ0n) is 20.5. The number of urea groups is 1. The first-order chi connectivity index (χ1) is 16.2. The molecule has 2 amide bonds. The van der Waals surface area contributed by atoms with Crippen LogP contribution < -0.4 is 5.32 Å². The number of esters is 1. The molecule has 184 valence electrons. The Morgan fingerprint density at radius 2 is 1.53 bits per heavy atom. The molecule has 2 N–H and O–H groups in total. The molecule has 2 aromatic carbocycles. The predicted octanol–water partition coefficient (Wildman–Crippen LogP) is 4.61. The summed E-state index contributed by atoms with van der Waals surface area (Å²) in [6, 6.07) is 16.0. The van der Waals surface area contributed by atoms with Gasteiger partial charge in [0.1, 0.15) is 6.04 Å². The molecule has 0 saturated heterocycles. The minimum absolute atomic E-state index is 0.0611. The standard InChI is InChI=1S/C27H36N2O5/c1-19(2)17-29(15-14-25(30)34-18-20(3)4)27(33)28-24(26(31)32)16-21-10-12-23(13-11-21)22-8-6-5-7-9-22/h5-13,19-20,24H,14-18H2,1-4H3,(H,28,33)(H,31,32)/t24-/m0/s1. The van der Waals surface area contributed by atoms with Crippen molar-refractivity contribution < 1.29 is 24.2 Å². The lowest BCUT2D eigenvalue weighted by Gasteiger charge is -2.26. The highest BCUT2D eigenvalue weighted by Crippen LogP contribution is 2.20. The zero-order valence-corrected chi connectivity index (χ0v) is 20.5. The Kier molecular flexibility index (Phi) is 10.6. The summed E-state index contributed by atoms with van der Waals surface area (Å²) in [5.41, 5.74) is 2.92. The average molecular weight is 469 g/mol. The van der Waals surface area contributed by atoms with Crippen LogP contribution >= 0.6 is 0 Å². The van der Waals surface area contributed by atoms with Gasteiger partial charge in [-0.2, -0.15) is 0 Å². The molecule has 7 nitrogen and oxygen atoms in total. The normalized spacial score (nSPS) is 11.8. The van der Waals surface area contributed by atoms with Gasteiger partial charge in [0, 0.05) is 19.5 Å². The highest BCUT2D eigenvalue weighted by atomic mass is 16.5. The van der Waals surface area contributed by atoms with Crippen LogP contribution in [0.3, 0.4) is 0 Å². The van der Waals surface area contributed by atoms with E-state index in [1.54, 1.807) is 0 Å². The summed E-state index contributed by atoms with van der Waals surface area (Å²) in [5, 5.41) is 12.3. The highest BCUT2D eigenvalue weighted by molar-refractivity contribution is 5.83. The minimum Gasteiger partial charge on any atom is -0.480 e. The summed E-state index contributed by atoms with van der Waals surface area (Å²) in [7, 11) is 0. The average Bonchev–Trinajstić information content (AvgIpc) is 2.80. The van der Waals surface area contributed by atoms with Gasteiger partial charge in [-0.15, -0.1) is 0 Å². The third-order valence-corrected chi connectivity index (χ3v) is 5.13. The minimum atomic E-state index is -1.11. The summed E-state index contributed by atoms with van der Waals surface area (Å²) >= 11 is 0. The fraction of sp³-hybridized carbons (Fsp3) is 0.444. The second-order valence-electron chi connectivity index (χ2n) is 9.27. The summed E-state index contributed by atoms with van der Waals surface area (Å²) in [4.78, 5) is 38.3. The second-order valence-corrected chi connectivity index (χ2v) is 9.27. The number of carbonyl (C=O) groups is 3. The SMILES string of the molecule is CC(C)COC(=O)CCN(CC(C)C)C(=O)N[C@@H](Cc1ccc(-c2ccccc2)cc1)C(=O)O.